The van der Waals surface area contributed by atoms with Gasteiger partial charge in [0.1, 0.15) is 0 Å². The van der Waals surface area contributed by atoms with E-state index >= 15 is 0 Å². The molecule has 0 aliphatic heterocycles. The molecule has 1 aromatic carbocycles. The van der Waals surface area contributed by atoms with Gasteiger partial charge in [-0.2, -0.15) is 0 Å². The summed E-state index contributed by atoms with van der Waals surface area (Å²) in [5.41, 5.74) is 0.996. The monoisotopic (exact) mass is 342 g/mol. The maximum absolute atomic E-state index is 11.8. The minimum Gasteiger partial charge on any atom is -0.375 e. The minimum absolute atomic E-state index is 0.142. The zero-order valence-electron chi connectivity index (χ0n) is 11.0. The molecule has 0 bridgehead atoms. The molecule has 0 saturated carbocycles. The van der Waals surface area contributed by atoms with Crippen LogP contribution in [0, 0.1) is 10.1 Å². The van der Waals surface area contributed by atoms with Crippen LogP contribution in [0.2, 0.25) is 0 Å². The van der Waals surface area contributed by atoms with E-state index in [2.05, 4.69) is 27.8 Å². The number of rotatable bonds is 7. The van der Waals surface area contributed by atoms with Gasteiger partial charge in [0.2, 0.25) is 0 Å². The lowest BCUT2D eigenvalue weighted by Gasteiger charge is -2.06. The first-order chi connectivity index (χ1) is 9.41. The van der Waals surface area contributed by atoms with E-state index in [0.717, 1.165) is 5.57 Å². The number of benzene rings is 1. The molecule has 0 fully saturated rings. The van der Waals surface area contributed by atoms with Gasteiger partial charge in [-0.05, 0) is 35.0 Å². The van der Waals surface area contributed by atoms with Crippen LogP contribution in [-0.2, 0) is 4.74 Å². The van der Waals surface area contributed by atoms with Crippen molar-refractivity contribution in [3.05, 3.63) is 50.5 Å². The van der Waals surface area contributed by atoms with E-state index in [1.165, 1.54) is 18.2 Å². The van der Waals surface area contributed by atoms with Gasteiger partial charge in [-0.3, -0.25) is 14.9 Å². The average molecular weight is 343 g/mol. The number of ether oxygens (including phenoxy) is 1. The largest absolute Gasteiger partial charge is 0.375 e. The summed E-state index contributed by atoms with van der Waals surface area (Å²) in [5.74, 6) is -0.375. The maximum atomic E-state index is 11.8. The smallest absolute Gasteiger partial charge is 0.284 e. The first-order valence-electron chi connectivity index (χ1n) is 5.86. The summed E-state index contributed by atoms with van der Waals surface area (Å²) in [5, 5.41) is 13.4. The molecule has 0 aromatic heterocycles. The van der Waals surface area contributed by atoms with Crippen molar-refractivity contribution in [2.75, 3.05) is 19.8 Å². The van der Waals surface area contributed by atoms with Gasteiger partial charge in [0.25, 0.3) is 11.6 Å². The second kappa shape index (κ2) is 7.76. The molecule has 0 atom stereocenters. The number of halogens is 1. The van der Waals surface area contributed by atoms with Crippen LogP contribution >= 0.6 is 15.9 Å². The van der Waals surface area contributed by atoms with Gasteiger partial charge in [-0.25, -0.2) is 0 Å². The first kappa shape index (κ1) is 16.3. The van der Waals surface area contributed by atoms with Crippen molar-refractivity contribution in [2.24, 2.45) is 0 Å². The second-order valence-corrected chi connectivity index (χ2v) is 5.04. The number of hydrogen-bond donors (Lipinski definition) is 1. The van der Waals surface area contributed by atoms with E-state index in [9.17, 15) is 14.9 Å². The third-order valence-corrected chi connectivity index (χ3v) is 2.96. The predicted octanol–water partition coefficient (Wildman–Crippen LogP) is 2.68. The fourth-order valence-electron chi connectivity index (χ4n) is 1.38. The number of nitro benzene ring substituents is 1. The molecule has 0 heterocycles. The van der Waals surface area contributed by atoms with Crippen molar-refractivity contribution in [3.63, 3.8) is 0 Å². The van der Waals surface area contributed by atoms with Crippen molar-refractivity contribution < 1.29 is 14.5 Å². The number of amides is 1. The number of nitrogens with one attached hydrogen (secondary N) is 1. The molecule has 1 aromatic rings. The standard InChI is InChI=1S/C13H15BrN2O4/c1-9(2)8-20-6-5-15-13(17)10-3-4-11(14)12(7-10)16(18)19/h3-4,7H,1,5-6,8H2,2H3,(H,15,17). The fourth-order valence-corrected chi connectivity index (χ4v) is 1.77. The average Bonchev–Trinajstić information content (AvgIpc) is 2.37. The third kappa shape index (κ3) is 5.10. The molecule has 6 nitrogen and oxygen atoms in total. The summed E-state index contributed by atoms with van der Waals surface area (Å²) in [6.45, 7) is 6.67. The normalized spacial score (nSPS) is 10.1. The number of carbonyl (C=O) groups is 1. The first-order valence-corrected chi connectivity index (χ1v) is 6.65. The topological polar surface area (TPSA) is 81.5 Å². The molecule has 108 valence electrons. The number of carbonyl (C=O) groups excluding carboxylic acids is 1. The lowest BCUT2D eigenvalue weighted by Crippen LogP contribution is -2.27. The highest BCUT2D eigenvalue weighted by Crippen LogP contribution is 2.25. The van der Waals surface area contributed by atoms with E-state index in [0.29, 0.717) is 24.2 Å². The van der Waals surface area contributed by atoms with Crippen molar-refractivity contribution >= 4 is 27.5 Å². The molecular weight excluding hydrogens is 328 g/mol. The lowest BCUT2D eigenvalue weighted by atomic mass is 10.2. The predicted molar refractivity (Wildman–Crippen MR) is 78.8 cm³/mol. The van der Waals surface area contributed by atoms with Gasteiger partial charge in [0, 0.05) is 18.2 Å². The minimum atomic E-state index is -0.545. The van der Waals surface area contributed by atoms with Crippen LogP contribution in [0.15, 0.2) is 34.8 Å². The fraction of sp³-hybridized carbons (Fsp3) is 0.308. The Kier molecular flexibility index (Phi) is 6.33. The molecule has 7 heteroatoms. The molecule has 0 unspecified atom stereocenters. The number of hydrogen-bond acceptors (Lipinski definition) is 4. The van der Waals surface area contributed by atoms with Gasteiger partial charge in [-0.15, -0.1) is 0 Å². The Morgan fingerprint density at radius 2 is 2.25 bits per heavy atom. The summed E-state index contributed by atoms with van der Waals surface area (Å²) < 4.78 is 5.57. The van der Waals surface area contributed by atoms with Crippen molar-refractivity contribution in [3.8, 4) is 0 Å². The summed E-state index contributed by atoms with van der Waals surface area (Å²) in [6.07, 6.45) is 0. The molecule has 1 rings (SSSR count). The molecule has 0 radical (unpaired) electrons. The van der Waals surface area contributed by atoms with Crippen molar-refractivity contribution in [1.82, 2.24) is 5.32 Å². The number of nitrogens with zero attached hydrogens (tertiary/aromatic N) is 1. The summed E-state index contributed by atoms with van der Waals surface area (Å²) in [7, 11) is 0. The van der Waals surface area contributed by atoms with Crippen LogP contribution in [-0.4, -0.2) is 30.6 Å². The Morgan fingerprint density at radius 1 is 1.55 bits per heavy atom. The second-order valence-electron chi connectivity index (χ2n) is 4.19. The summed E-state index contributed by atoms with van der Waals surface area (Å²) in [6, 6.07) is 4.22. The lowest BCUT2D eigenvalue weighted by molar-refractivity contribution is -0.385. The zero-order chi connectivity index (χ0) is 15.1. The Hall–Kier alpha value is -1.73. The van der Waals surface area contributed by atoms with Crippen LogP contribution in [0.3, 0.4) is 0 Å². The Bertz CT molecular complexity index is 531. The van der Waals surface area contributed by atoms with E-state index in [4.69, 9.17) is 4.74 Å². The van der Waals surface area contributed by atoms with Crippen molar-refractivity contribution in [1.29, 1.82) is 0 Å². The van der Waals surface area contributed by atoms with Crippen LogP contribution in [0.25, 0.3) is 0 Å². The summed E-state index contributed by atoms with van der Waals surface area (Å²) >= 11 is 3.07. The maximum Gasteiger partial charge on any atom is 0.284 e. The van der Waals surface area contributed by atoms with Gasteiger partial charge < -0.3 is 10.1 Å². The van der Waals surface area contributed by atoms with Crippen LogP contribution in [0.4, 0.5) is 5.69 Å². The number of nitro groups is 1. The highest BCUT2D eigenvalue weighted by Gasteiger charge is 2.15. The SMILES string of the molecule is C=C(C)COCCNC(=O)c1ccc(Br)c([N+](=O)[O-])c1. The molecule has 1 amide bonds. The van der Waals surface area contributed by atoms with Crippen LogP contribution in [0.1, 0.15) is 17.3 Å². The zero-order valence-corrected chi connectivity index (χ0v) is 12.6. The highest BCUT2D eigenvalue weighted by atomic mass is 79.9. The molecular formula is C13H15BrN2O4. The van der Waals surface area contributed by atoms with Gasteiger partial charge in [0.05, 0.1) is 22.6 Å². The Morgan fingerprint density at radius 3 is 2.85 bits per heavy atom. The van der Waals surface area contributed by atoms with Gasteiger partial charge >= 0.3 is 0 Å². The third-order valence-electron chi connectivity index (χ3n) is 2.29. The molecule has 1 N–H and O–H groups in total. The van der Waals surface area contributed by atoms with Gasteiger partial charge in [-0.1, -0.05) is 12.2 Å². The van der Waals surface area contributed by atoms with E-state index in [-0.39, 0.29) is 17.2 Å². The van der Waals surface area contributed by atoms with Crippen molar-refractivity contribution in [2.45, 2.75) is 6.92 Å². The van der Waals surface area contributed by atoms with E-state index in [1.807, 2.05) is 6.92 Å². The molecule has 0 aliphatic rings. The Balaban J connectivity index is 2.53. The quantitative estimate of drug-likeness (QED) is 0.357. The molecule has 0 aliphatic carbocycles. The molecule has 0 saturated heterocycles. The van der Waals surface area contributed by atoms with Gasteiger partial charge in [0.15, 0.2) is 0 Å². The van der Waals surface area contributed by atoms with E-state index in [1.54, 1.807) is 0 Å². The molecule has 0 spiro atoms. The Labute approximate surface area is 125 Å². The van der Waals surface area contributed by atoms with Crippen LogP contribution < -0.4 is 5.32 Å². The molecule has 20 heavy (non-hydrogen) atoms. The van der Waals surface area contributed by atoms with E-state index < -0.39 is 4.92 Å². The van der Waals surface area contributed by atoms with Crippen LogP contribution in [0.5, 0.6) is 0 Å². The summed E-state index contributed by atoms with van der Waals surface area (Å²) in [4.78, 5) is 22.0. The highest BCUT2D eigenvalue weighted by molar-refractivity contribution is 9.10.